The fourth-order valence-electron chi connectivity index (χ4n) is 5.65. The van der Waals surface area contributed by atoms with Gasteiger partial charge in [-0.3, -0.25) is 20.2 Å². The van der Waals surface area contributed by atoms with Gasteiger partial charge in [0.2, 0.25) is 9.84 Å². The van der Waals surface area contributed by atoms with Gasteiger partial charge >= 0.3 is 18.1 Å². The number of hydrogen-bond acceptors (Lipinski definition) is 11. The molecule has 1 N–H and O–H groups in total. The minimum atomic E-state index is -4.93. The van der Waals surface area contributed by atoms with Crippen LogP contribution in [0.3, 0.4) is 0 Å². The quantitative estimate of drug-likeness (QED) is 0.217. The Morgan fingerprint density at radius 1 is 1.11 bits per heavy atom. The summed E-state index contributed by atoms with van der Waals surface area (Å²) in [5, 5.41) is 13.7. The molecule has 1 aliphatic heterocycles. The summed E-state index contributed by atoms with van der Waals surface area (Å²) in [4.78, 5) is 39.6. The molecule has 3 aromatic rings. The van der Waals surface area contributed by atoms with Crippen molar-refractivity contribution in [2.75, 3.05) is 25.1 Å². The average molecular weight is 649 g/mol. The number of nitro benzene ring substituents is 1. The van der Waals surface area contributed by atoms with E-state index in [1.54, 1.807) is 6.07 Å². The summed E-state index contributed by atoms with van der Waals surface area (Å²) in [5.74, 6) is -2.91. The number of anilines is 1. The van der Waals surface area contributed by atoms with Crippen molar-refractivity contribution in [2.24, 2.45) is 0 Å². The Morgan fingerprint density at radius 3 is 2.44 bits per heavy atom. The molecule has 1 fully saturated rings. The predicted molar refractivity (Wildman–Crippen MR) is 152 cm³/mol. The number of alkyl halides is 3. The number of hydrogen-bond donors (Lipinski definition) is 1. The molecular formula is C29H27F3N4O8S. The molecule has 1 aliphatic carbocycles. The van der Waals surface area contributed by atoms with Crippen molar-refractivity contribution in [1.29, 1.82) is 0 Å². The second kappa shape index (κ2) is 12.1. The van der Waals surface area contributed by atoms with Crippen LogP contribution in [-0.4, -0.2) is 61.4 Å². The monoisotopic (exact) mass is 648 g/mol. The summed E-state index contributed by atoms with van der Waals surface area (Å²) in [5.41, 5.74) is 0.699. The molecule has 0 bridgehead atoms. The van der Waals surface area contributed by atoms with Crippen molar-refractivity contribution in [1.82, 2.24) is 10.3 Å². The number of ether oxygens (including phenoxy) is 2. The lowest BCUT2D eigenvalue weighted by Crippen LogP contribution is -2.77. The average Bonchev–Trinajstić information content (AvgIpc) is 3.51. The number of nitrogens with one attached hydrogen (secondary N) is 1. The smallest absolute Gasteiger partial charge is 0.417 e. The van der Waals surface area contributed by atoms with Gasteiger partial charge in [-0.05, 0) is 72.4 Å². The van der Waals surface area contributed by atoms with Crippen molar-refractivity contribution in [2.45, 2.75) is 47.9 Å². The molecule has 2 aromatic carbocycles. The largest absolute Gasteiger partial charge is 0.466 e. The number of halogens is 3. The summed E-state index contributed by atoms with van der Waals surface area (Å²) in [6.45, 7) is -0.814. The highest BCUT2D eigenvalue weighted by atomic mass is 32.2. The van der Waals surface area contributed by atoms with Crippen LogP contribution in [0.25, 0.3) is 0 Å². The summed E-state index contributed by atoms with van der Waals surface area (Å²) in [6, 6.07) is 9.09. The van der Waals surface area contributed by atoms with Gasteiger partial charge in [0.1, 0.15) is 12.4 Å². The molecule has 16 heteroatoms. The van der Waals surface area contributed by atoms with Crippen molar-refractivity contribution in [3.8, 4) is 0 Å². The third-order valence-electron chi connectivity index (χ3n) is 7.86. The number of non-ortho nitro benzene ring substituents is 1. The second-order valence-corrected chi connectivity index (χ2v) is 12.5. The van der Waals surface area contributed by atoms with Crippen molar-refractivity contribution >= 4 is 33.3 Å². The molecule has 2 unspecified atom stereocenters. The number of nitrogens with zero attached hydrogens (tertiary/aromatic N) is 3. The summed E-state index contributed by atoms with van der Waals surface area (Å²) < 4.78 is 80.0. The van der Waals surface area contributed by atoms with Crippen LogP contribution in [-0.2, 0) is 54.5 Å². The Kier molecular flexibility index (Phi) is 8.55. The molecule has 12 nitrogen and oxygen atoms in total. The first-order valence-corrected chi connectivity index (χ1v) is 15.2. The molecular weight excluding hydrogens is 621 g/mol. The molecule has 45 heavy (non-hydrogen) atoms. The van der Waals surface area contributed by atoms with E-state index in [-0.39, 0.29) is 29.5 Å². The maximum absolute atomic E-state index is 14.7. The van der Waals surface area contributed by atoms with Crippen LogP contribution >= 0.6 is 0 Å². The highest BCUT2D eigenvalue weighted by Gasteiger charge is 2.67. The number of sulfone groups is 1. The maximum Gasteiger partial charge on any atom is 0.417 e. The van der Waals surface area contributed by atoms with Crippen LogP contribution < -0.4 is 10.2 Å². The van der Waals surface area contributed by atoms with Gasteiger partial charge in [-0.2, -0.15) is 13.2 Å². The molecule has 0 saturated carbocycles. The van der Waals surface area contributed by atoms with Crippen LogP contribution in [0.15, 0.2) is 65.7 Å². The van der Waals surface area contributed by atoms with Crippen molar-refractivity contribution in [3.63, 3.8) is 0 Å². The summed E-state index contributed by atoms with van der Waals surface area (Å²) >= 11 is 0. The first-order valence-electron chi connectivity index (χ1n) is 13.7. The molecule has 2 aliphatic rings. The van der Waals surface area contributed by atoms with Gasteiger partial charge in [0, 0.05) is 31.4 Å². The lowest BCUT2D eigenvalue weighted by Gasteiger charge is -2.48. The van der Waals surface area contributed by atoms with Gasteiger partial charge in [-0.15, -0.1) is 0 Å². The fraction of sp³-hybridized carbons (Fsp3) is 0.345. The van der Waals surface area contributed by atoms with E-state index in [0.717, 1.165) is 42.0 Å². The molecule has 2 heterocycles. The number of aromatic nitrogens is 1. The standard InChI is InChI=1S/C29H27F3N4O8S/c1-43-27(38)28(45(41,42)23-11-7-19-3-2-4-20(19)15-23)25(26(37)44-17-18-5-9-22(10-6-18)36(39)40)33-13-14-35(28)24-12-8-21(16-34-24)29(30,31)32/h5-12,15-16,25,33H,2-4,13-14,17H2,1H3. The molecule has 2 atom stereocenters. The number of nitro groups is 1. The zero-order valence-electron chi connectivity index (χ0n) is 23.7. The van der Waals surface area contributed by atoms with Crippen LogP contribution in [0, 0.1) is 10.1 Å². The number of esters is 2. The van der Waals surface area contributed by atoms with Crippen LogP contribution in [0.4, 0.5) is 24.7 Å². The predicted octanol–water partition coefficient (Wildman–Crippen LogP) is 3.36. The van der Waals surface area contributed by atoms with Gasteiger partial charge < -0.3 is 14.4 Å². The van der Waals surface area contributed by atoms with E-state index in [4.69, 9.17) is 9.47 Å². The molecule has 1 saturated heterocycles. The Morgan fingerprint density at radius 2 is 1.82 bits per heavy atom. The van der Waals surface area contributed by atoms with E-state index in [1.165, 1.54) is 36.4 Å². The normalized spacial score (nSPS) is 19.9. The van der Waals surface area contributed by atoms with E-state index >= 15 is 0 Å². The van der Waals surface area contributed by atoms with Gasteiger partial charge in [0.15, 0.2) is 6.04 Å². The summed E-state index contributed by atoms with van der Waals surface area (Å²) in [7, 11) is -4.01. The van der Waals surface area contributed by atoms with Crippen LogP contribution in [0.2, 0.25) is 0 Å². The van der Waals surface area contributed by atoms with Gasteiger partial charge in [-0.25, -0.2) is 18.2 Å². The first kappa shape index (κ1) is 31.8. The highest BCUT2D eigenvalue weighted by molar-refractivity contribution is 7.93. The second-order valence-electron chi connectivity index (χ2n) is 10.4. The lowest BCUT2D eigenvalue weighted by atomic mass is 10.0. The number of carbonyl (C=O) groups excluding carboxylic acids is 2. The van der Waals surface area contributed by atoms with Gasteiger partial charge in [0.25, 0.3) is 10.6 Å². The number of pyridine rings is 1. The molecule has 0 radical (unpaired) electrons. The van der Waals surface area contributed by atoms with Gasteiger partial charge in [0.05, 0.1) is 22.5 Å². The number of methoxy groups -OCH3 is 1. The maximum atomic E-state index is 14.7. The van der Waals surface area contributed by atoms with E-state index in [1.807, 2.05) is 0 Å². The zero-order valence-corrected chi connectivity index (χ0v) is 24.6. The fourth-order valence-corrected chi connectivity index (χ4v) is 7.82. The van der Waals surface area contributed by atoms with Gasteiger partial charge in [-0.1, -0.05) is 6.07 Å². The SMILES string of the molecule is COC(=O)C1(S(=O)(=O)c2ccc3c(c2)CCC3)C(C(=O)OCc2ccc([N+](=O)[O-])cc2)NCCN1c1ccc(C(F)(F)F)cn1. The Balaban J connectivity index is 1.63. The third-order valence-corrected chi connectivity index (χ3v) is 10.2. The first-order chi connectivity index (χ1) is 21.3. The van der Waals surface area contributed by atoms with Crippen LogP contribution in [0.5, 0.6) is 0 Å². The van der Waals surface area contributed by atoms with Crippen LogP contribution in [0.1, 0.15) is 28.7 Å². The number of benzene rings is 2. The molecule has 238 valence electrons. The third kappa shape index (κ3) is 5.70. The number of aryl methyl sites for hydroxylation is 2. The molecule has 1 aromatic heterocycles. The van der Waals surface area contributed by atoms with E-state index < -0.39 is 56.0 Å². The molecule has 0 amide bonds. The Labute approximate surface area is 255 Å². The zero-order chi connectivity index (χ0) is 32.6. The van der Waals surface area contributed by atoms with Crippen molar-refractivity contribution < 1.29 is 45.6 Å². The number of rotatable bonds is 8. The lowest BCUT2D eigenvalue weighted by molar-refractivity contribution is -0.384. The topological polar surface area (TPSA) is 158 Å². The number of fused-ring (bicyclic) bond motifs is 1. The Hall–Kier alpha value is -4.57. The van der Waals surface area contributed by atoms with E-state index in [0.29, 0.717) is 24.2 Å². The summed E-state index contributed by atoms with van der Waals surface area (Å²) in [6.07, 6.45) is -2.12. The minimum absolute atomic E-state index is 0.0988. The molecule has 0 spiro atoms. The van der Waals surface area contributed by atoms with Crippen molar-refractivity contribution in [3.05, 3.63) is 93.2 Å². The van der Waals surface area contributed by atoms with E-state index in [2.05, 4.69) is 10.3 Å². The Bertz CT molecular complexity index is 1730. The highest BCUT2D eigenvalue weighted by Crippen LogP contribution is 2.41. The minimum Gasteiger partial charge on any atom is -0.466 e. The number of piperazine rings is 1. The van der Waals surface area contributed by atoms with E-state index in [9.17, 15) is 41.3 Å². The number of carbonyl (C=O) groups is 2. The molecule has 5 rings (SSSR count).